The number of aromatic amines is 1. The van der Waals surface area contributed by atoms with E-state index in [9.17, 15) is 9.36 Å². The fourth-order valence-electron chi connectivity index (χ4n) is 2.35. The molecule has 0 unspecified atom stereocenters. The number of aromatic nitrogens is 2. The maximum Gasteiger partial charge on any atom is 0.268 e. The first-order chi connectivity index (χ1) is 18.6. The van der Waals surface area contributed by atoms with Gasteiger partial charge in [-0.15, -0.1) is 24.0 Å². The van der Waals surface area contributed by atoms with E-state index in [0.717, 1.165) is 4.60 Å². The fraction of sp³-hybridized carbons (Fsp3) is 0. The van der Waals surface area contributed by atoms with Crippen molar-refractivity contribution in [3.05, 3.63) is 111 Å². The van der Waals surface area contributed by atoms with Crippen LogP contribution in [0.5, 0.6) is 23.0 Å². The first-order valence-electron chi connectivity index (χ1n) is 10.1. The lowest BCUT2D eigenvalue weighted by molar-refractivity contribution is 0.479. The van der Waals surface area contributed by atoms with Crippen LogP contribution in [0.4, 0.5) is 0 Å². The van der Waals surface area contributed by atoms with Crippen molar-refractivity contribution in [2.45, 2.75) is 0 Å². The third kappa shape index (κ3) is 18.8. The van der Waals surface area contributed by atoms with E-state index in [4.69, 9.17) is 20.0 Å². The normalized spacial score (nSPS) is 9.20. The number of nitriles is 2. The van der Waals surface area contributed by atoms with Crippen LogP contribution in [0, 0.1) is 22.7 Å². The number of nitrogens with one attached hydrogen (secondary N) is 1. The first kappa shape index (κ1) is 39.5. The summed E-state index contributed by atoms with van der Waals surface area (Å²) in [6.07, 6.45) is 3.11. The van der Waals surface area contributed by atoms with Crippen LogP contribution in [0.1, 0.15) is 11.1 Å². The summed E-state index contributed by atoms with van der Waals surface area (Å²) in [6, 6.07) is 24.3. The maximum absolute atomic E-state index is 10.8. The van der Waals surface area contributed by atoms with Crippen molar-refractivity contribution in [3.8, 4) is 35.1 Å². The van der Waals surface area contributed by atoms with E-state index in [0.29, 0.717) is 34.1 Å². The van der Waals surface area contributed by atoms with Gasteiger partial charge in [-0.2, -0.15) is 10.5 Å². The summed E-state index contributed by atoms with van der Waals surface area (Å²) in [7, 11) is 0. The topological polar surface area (TPSA) is 129 Å². The summed E-state index contributed by atoms with van der Waals surface area (Å²) in [6.45, 7) is 0. The number of halogens is 7. The average molecular weight is 1160 g/mol. The summed E-state index contributed by atoms with van der Waals surface area (Å²) in [5.41, 5.74) is 1.02. The highest BCUT2D eigenvalue weighted by Gasteiger charge is 2.00. The molecule has 210 valence electrons. The Morgan fingerprint density at radius 1 is 0.750 bits per heavy atom. The molecule has 16 heteroatoms. The lowest BCUT2D eigenvalue weighted by atomic mass is 10.2. The van der Waals surface area contributed by atoms with E-state index in [2.05, 4.69) is 116 Å². The zero-order chi connectivity index (χ0) is 29.3. The monoisotopic (exact) mass is 1150 g/mol. The molecule has 0 aliphatic carbocycles. The Labute approximate surface area is 303 Å². The number of hydrogen-bond acceptors (Lipinski definition) is 7. The largest absolute Gasteiger partial charge is 0.456 e. The molecular formula is C24H16Br4I3N4O4P. The van der Waals surface area contributed by atoms with Gasteiger partial charge in [-0.3, -0.25) is 9.36 Å². The van der Waals surface area contributed by atoms with Gasteiger partial charge in [0.25, 0.3) is 3.25 Å². The molecule has 0 aliphatic heterocycles. The van der Waals surface area contributed by atoms with Crippen LogP contribution in [0.15, 0.2) is 94.6 Å². The van der Waals surface area contributed by atoms with E-state index in [1.165, 1.54) is 12.3 Å². The van der Waals surface area contributed by atoms with Crippen molar-refractivity contribution in [1.29, 1.82) is 10.5 Å². The quantitative estimate of drug-likeness (QED) is 0.122. The molecule has 1 N–H and O–H groups in total. The standard InChI is InChI=1S/C12H7BrN2O.C12H8N2O2.Br3OP.I2.HI/c13-12-6-5-11(8-15-12)16-10-3-1-9(7-14)2-4-10;13-7-9-1-3-10(4-2-9)16-11-5-6-12(15)14-8-11;1-5(2,3)4;1-2;/h1-6,8H;1-6,8H,(H,14,15);;;1H. The predicted molar refractivity (Wildman–Crippen MR) is 199 cm³/mol. The summed E-state index contributed by atoms with van der Waals surface area (Å²) >= 11 is 15.8. The van der Waals surface area contributed by atoms with Gasteiger partial charge in [-0.05, 0) is 82.7 Å². The molecule has 0 radical (unpaired) electrons. The van der Waals surface area contributed by atoms with Crippen molar-refractivity contribution in [2.24, 2.45) is 0 Å². The SMILES string of the molecule is I.II.N#Cc1ccc(Oc2ccc(=O)[nH]c2)cc1.N#Cc1ccc(Oc2ccc(Br)nc2)cc1.O=P(Br)(Br)Br. The minimum absolute atomic E-state index is 0. The van der Waals surface area contributed by atoms with Crippen LogP contribution in [0.25, 0.3) is 0 Å². The Balaban J connectivity index is 0.000000607. The number of benzene rings is 2. The van der Waals surface area contributed by atoms with Gasteiger partial charge >= 0.3 is 0 Å². The fourth-order valence-corrected chi connectivity index (χ4v) is 2.58. The van der Waals surface area contributed by atoms with Gasteiger partial charge in [-0.1, -0.05) is 0 Å². The number of hydrogen-bond donors (Lipinski definition) is 1. The highest BCUT2D eigenvalue weighted by molar-refractivity contribution is 15.0. The van der Waals surface area contributed by atoms with Crippen LogP contribution < -0.4 is 15.0 Å². The van der Waals surface area contributed by atoms with Gasteiger partial charge in [0.05, 0.1) is 29.5 Å². The Morgan fingerprint density at radius 3 is 1.50 bits per heavy atom. The molecule has 8 nitrogen and oxygen atoms in total. The number of pyridine rings is 2. The molecule has 0 aliphatic rings. The van der Waals surface area contributed by atoms with Crippen LogP contribution >= 0.6 is 127 Å². The van der Waals surface area contributed by atoms with E-state index in [1.807, 2.05) is 12.1 Å². The minimum atomic E-state index is -2.20. The number of rotatable bonds is 4. The van der Waals surface area contributed by atoms with Gasteiger partial charge in [-0.25, -0.2) is 4.98 Å². The van der Waals surface area contributed by atoms with Crippen molar-refractivity contribution in [3.63, 3.8) is 0 Å². The summed E-state index contributed by atoms with van der Waals surface area (Å²) in [5, 5.41) is 17.3. The molecule has 4 rings (SSSR count). The molecular weight excluding hydrogens is 1140 g/mol. The highest BCUT2D eigenvalue weighted by atomic mass is 128. The molecule has 2 aromatic carbocycles. The smallest absolute Gasteiger partial charge is 0.268 e. The van der Waals surface area contributed by atoms with Crippen LogP contribution in [-0.4, -0.2) is 9.97 Å². The number of H-pyrrole nitrogens is 1. The predicted octanol–water partition coefficient (Wildman–Crippen LogP) is 11.2. The number of nitrogens with zero attached hydrogens (tertiary/aromatic N) is 3. The summed E-state index contributed by atoms with van der Waals surface area (Å²) in [4.78, 5) is 17.4. The zero-order valence-corrected chi connectivity index (χ0v) is 33.6. The number of ether oxygens (including phenoxy) is 2. The Bertz CT molecular complexity index is 1470. The van der Waals surface area contributed by atoms with E-state index >= 15 is 0 Å². The van der Waals surface area contributed by atoms with Gasteiger partial charge in [0.2, 0.25) is 5.56 Å². The minimum Gasteiger partial charge on any atom is -0.456 e. The third-order valence-electron chi connectivity index (χ3n) is 3.89. The lowest BCUT2D eigenvalue weighted by Crippen LogP contribution is -2.01. The molecule has 40 heavy (non-hydrogen) atoms. The van der Waals surface area contributed by atoms with Crippen LogP contribution in [0.3, 0.4) is 0 Å². The van der Waals surface area contributed by atoms with Crippen LogP contribution in [-0.2, 0) is 4.57 Å². The van der Waals surface area contributed by atoms with Crippen molar-refractivity contribution in [2.75, 3.05) is 0 Å². The molecule has 0 saturated carbocycles. The molecule has 0 amide bonds. The Kier molecular flexibility index (Phi) is 21.8. The van der Waals surface area contributed by atoms with Gasteiger partial charge in [0.1, 0.15) is 27.6 Å². The van der Waals surface area contributed by atoms with Gasteiger partial charge in [0, 0.05) is 96.0 Å². The molecule has 2 heterocycles. The van der Waals surface area contributed by atoms with Crippen LogP contribution in [0.2, 0.25) is 0 Å². The van der Waals surface area contributed by atoms with Gasteiger partial charge in [0.15, 0.2) is 0 Å². The van der Waals surface area contributed by atoms with E-state index in [-0.39, 0.29) is 29.5 Å². The third-order valence-corrected chi connectivity index (χ3v) is 4.36. The van der Waals surface area contributed by atoms with E-state index < -0.39 is 3.25 Å². The van der Waals surface area contributed by atoms with Crippen molar-refractivity contribution < 1.29 is 14.0 Å². The first-order valence-corrected chi connectivity index (χ1v) is 24.9. The molecule has 0 spiro atoms. The second-order valence-corrected chi connectivity index (χ2v) is 25.7. The summed E-state index contributed by atoms with van der Waals surface area (Å²) < 4.78 is 19.5. The Morgan fingerprint density at radius 2 is 1.15 bits per heavy atom. The second kappa shape index (κ2) is 22.1. The van der Waals surface area contributed by atoms with Crippen molar-refractivity contribution in [1.82, 2.24) is 9.97 Å². The molecule has 0 atom stereocenters. The molecule has 4 aromatic rings. The maximum atomic E-state index is 10.8. The Hall–Kier alpha value is -0.540. The lowest BCUT2D eigenvalue weighted by Gasteiger charge is -2.04. The van der Waals surface area contributed by atoms with Crippen molar-refractivity contribution >= 4 is 127 Å². The zero-order valence-electron chi connectivity index (χ0n) is 19.7. The molecule has 0 saturated heterocycles. The second-order valence-electron chi connectivity index (χ2n) is 6.58. The molecule has 2 aromatic heterocycles. The average Bonchev–Trinajstić information content (AvgIpc) is 2.93. The highest BCUT2D eigenvalue weighted by Crippen LogP contribution is 2.68. The van der Waals surface area contributed by atoms with Gasteiger partial charge < -0.3 is 14.5 Å². The molecule has 0 fully saturated rings. The van der Waals surface area contributed by atoms with E-state index in [1.54, 1.807) is 66.9 Å². The summed E-state index contributed by atoms with van der Waals surface area (Å²) in [5.74, 6) is 2.51. The molecule has 0 bridgehead atoms.